The zero-order chi connectivity index (χ0) is 11.9. The van der Waals surface area contributed by atoms with E-state index in [-0.39, 0.29) is 0 Å². The molecule has 0 spiro atoms. The Bertz CT molecular complexity index is 231. The SMILES string of the molecule is CN(C)CCOCCNCC1(CC#N)CC1. The Labute approximate surface area is 98.6 Å². The molecule has 1 aliphatic rings. The maximum absolute atomic E-state index is 8.66. The first-order chi connectivity index (χ1) is 7.68. The first-order valence-corrected chi connectivity index (χ1v) is 5.99. The van der Waals surface area contributed by atoms with Gasteiger partial charge in [0.15, 0.2) is 0 Å². The molecule has 92 valence electrons. The van der Waals surface area contributed by atoms with Crippen molar-refractivity contribution in [1.29, 1.82) is 5.26 Å². The van der Waals surface area contributed by atoms with E-state index in [9.17, 15) is 0 Å². The van der Waals surface area contributed by atoms with Crippen molar-refractivity contribution in [1.82, 2.24) is 10.2 Å². The quantitative estimate of drug-likeness (QED) is 0.591. The second kappa shape index (κ2) is 6.85. The average molecular weight is 225 g/mol. The van der Waals surface area contributed by atoms with Crippen LogP contribution in [0.4, 0.5) is 0 Å². The molecule has 1 N–H and O–H groups in total. The largest absolute Gasteiger partial charge is 0.379 e. The Balaban J connectivity index is 1.87. The van der Waals surface area contributed by atoms with Crippen LogP contribution in [-0.4, -0.2) is 51.8 Å². The number of ether oxygens (including phenoxy) is 1. The summed E-state index contributed by atoms with van der Waals surface area (Å²) in [4.78, 5) is 2.11. The molecule has 0 unspecified atom stereocenters. The molecule has 0 radical (unpaired) electrons. The lowest BCUT2D eigenvalue weighted by Crippen LogP contribution is -2.28. The van der Waals surface area contributed by atoms with E-state index in [2.05, 4.69) is 16.3 Å². The van der Waals surface area contributed by atoms with Crippen molar-refractivity contribution in [3.05, 3.63) is 0 Å². The van der Waals surface area contributed by atoms with Gasteiger partial charge in [0, 0.05) is 26.1 Å². The average Bonchev–Trinajstić information content (AvgIpc) is 2.97. The molecule has 4 nitrogen and oxygen atoms in total. The van der Waals surface area contributed by atoms with Gasteiger partial charge in [0.2, 0.25) is 0 Å². The molecular weight excluding hydrogens is 202 g/mol. The number of nitrogens with one attached hydrogen (secondary N) is 1. The van der Waals surface area contributed by atoms with Crippen LogP contribution >= 0.6 is 0 Å². The molecule has 4 heteroatoms. The molecule has 0 bridgehead atoms. The maximum atomic E-state index is 8.66. The summed E-state index contributed by atoms with van der Waals surface area (Å²) in [5.74, 6) is 0. The van der Waals surface area contributed by atoms with Crippen molar-refractivity contribution in [3.63, 3.8) is 0 Å². The summed E-state index contributed by atoms with van der Waals surface area (Å²) in [6, 6.07) is 2.27. The summed E-state index contributed by atoms with van der Waals surface area (Å²) in [6.45, 7) is 4.38. The van der Waals surface area contributed by atoms with Gasteiger partial charge in [-0.05, 0) is 32.4 Å². The minimum absolute atomic E-state index is 0.304. The smallest absolute Gasteiger partial charge is 0.0628 e. The Morgan fingerprint density at radius 2 is 2.12 bits per heavy atom. The van der Waals surface area contributed by atoms with Crippen molar-refractivity contribution in [2.75, 3.05) is 46.9 Å². The van der Waals surface area contributed by atoms with E-state index >= 15 is 0 Å². The van der Waals surface area contributed by atoms with E-state index in [0.717, 1.165) is 32.8 Å². The second-order valence-electron chi connectivity index (χ2n) is 4.93. The monoisotopic (exact) mass is 225 g/mol. The molecule has 0 atom stereocenters. The number of hydrogen-bond donors (Lipinski definition) is 1. The normalized spacial score (nSPS) is 17.4. The molecule has 0 saturated heterocycles. The van der Waals surface area contributed by atoms with Gasteiger partial charge >= 0.3 is 0 Å². The molecule has 0 aromatic rings. The third-order valence-corrected chi connectivity index (χ3v) is 3.02. The van der Waals surface area contributed by atoms with Gasteiger partial charge in [-0.2, -0.15) is 5.26 Å². The lowest BCUT2D eigenvalue weighted by atomic mass is 10.0. The fourth-order valence-corrected chi connectivity index (χ4v) is 1.61. The highest BCUT2D eigenvalue weighted by atomic mass is 16.5. The molecule has 16 heavy (non-hydrogen) atoms. The van der Waals surface area contributed by atoms with Crippen LogP contribution in [0.25, 0.3) is 0 Å². The van der Waals surface area contributed by atoms with Crippen LogP contribution < -0.4 is 5.32 Å². The molecule has 0 aromatic carbocycles. The van der Waals surface area contributed by atoms with E-state index in [1.807, 2.05) is 14.1 Å². The summed E-state index contributed by atoms with van der Waals surface area (Å²) in [6.07, 6.45) is 3.10. The van der Waals surface area contributed by atoms with Crippen molar-refractivity contribution >= 4 is 0 Å². The van der Waals surface area contributed by atoms with Gasteiger partial charge < -0.3 is 15.0 Å². The van der Waals surface area contributed by atoms with E-state index in [1.165, 1.54) is 12.8 Å². The van der Waals surface area contributed by atoms with Crippen LogP contribution in [0.2, 0.25) is 0 Å². The fraction of sp³-hybridized carbons (Fsp3) is 0.917. The first kappa shape index (κ1) is 13.4. The van der Waals surface area contributed by atoms with Crippen LogP contribution in [0.5, 0.6) is 0 Å². The minimum atomic E-state index is 0.304. The van der Waals surface area contributed by atoms with Crippen LogP contribution in [0.3, 0.4) is 0 Å². The Morgan fingerprint density at radius 1 is 1.38 bits per heavy atom. The molecule has 1 rings (SSSR count). The Hall–Kier alpha value is -0.630. The zero-order valence-electron chi connectivity index (χ0n) is 10.5. The molecule has 1 saturated carbocycles. The number of nitrogens with zero attached hydrogens (tertiary/aromatic N) is 2. The van der Waals surface area contributed by atoms with E-state index in [0.29, 0.717) is 11.8 Å². The van der Waals surface area contributed by atoms with Crippen LogP contribution in [0.1, 0.15) is 19.3 Å². The Kier molecular flexibility index (Phi) is 5.75. The zero-order valence-corrected chi connectivity index (χ0v) is 10.5. The number of likely N-dealkylation sites (N-methyl/N-ethyl adjacent to an activating group) is 1. The molecule has 1 fully saturated rings. The summed E-state index contributed by atoms with van der Waals surface area (Å²) in [7, 11) is 4.08. The maximum Gasteiger partial charge on any atom is 0.0628 e. The summed E-state index contributed by atoms with van der Waals surface area (Å²) < 4.78 is 5.47. The lowest BCUT2D eigenvalue weighted by Gasteiger charge is -2.13. The van der Waals surface area contributed by atoms with Crippen LogP contribution in [0.15, 0.2) is 0 Å². The predicted octanol–water partition coefficient (Wildman–Crippen LogP) is 0.848. The summed E-state index contributed by atoms with van der Waals surface area (Å²) >= 11 is 0. The van der Waals surface area contributed by atoms with Gasteiger partial charge in [-0.15, -0.1) is 0 Å². The topological polar surface area (TPSA) is 48.3 Å². The highest BCUT2D eigenvalue weighted by molar-refractivity contribution is 5.00. The number of nitriles is 1. The molecule has 1 aliphatic carbocycles. The van der Waals surface area contributed by atoms with Gasteiger partial charge in [-0.3, -0.25) is 0 Å². The van der Waals surface area contributed by atoms with Crippen molar-refractivity contribution in [2.24, 2.45) is 5.41 Å². The number of rotatable bonds is 9. The fourth-order valence-electron chi connectivity index (χ4n) is 1.61. The summed E-state index contributed by atoms with van der Waals surface area (Å²) in [5, 5.41) is 12.0. The third kappa shape index (κ3) is 5.45. The van der Waals surface area contributed by atoms with Gasteiger partial charge in [0.25, 0.3) is 0 Å². The van der Waals surface area contributed by atoms with Crippen molar-refractivity contribution in [2.45, 2.75) is 19.3 Å². The van der Waals surface area contributed by atoms with Gasteiger partial charge in [-0.25, -0.2) is 0 Å². The highest BCUT2D eigenvalue weighted by Gasteiger charge is 2.41. The number of hydrogen-bond acceptors (Lipinski definition) is 4. The Morgan fingerprint density at radius 3 is 2.69 bits per heavy atom. The minimum Gasteiger partial charge on any atom is -0.379 e. The molecule has 0 heterocycles. The first-order valence-electron chi connectivity index (χ1n) is 5.99. The second-order valence-corrected chi connectivity index (χ2v) is 4.93. The molecular formula is C12H23N3O. The lowest BCUT2D eigenvalue weighted by molar-refractivity contribution is 0.118. The third-order valence-electron chi connectivity index (χ3n) is 3.02. The van der Waals surface area contributed by atoms with Crippen molar-refractivity contribution < 1.29 is 4.74 Å². The molecule has 0 aliphatic heterocycles. The van der Waals surface area contributed by atoms with E-state index in [4.69, 9.17) is 10.00 Å². The van der Waals surface area contributed by atoms with Crippen LogP contribution in [-0.2, 0) is 4.74 Å². The van der Waals surface area contributed by atoms with Crippen molar-refractivity contribution in [3.8, 4) is 6.07 Å². The van der Waals surface area contributed by atoms with Crippen LogP contribution in [0, 0.1) is 16.7 Å². The van der Waals surface area contributed by atoms with Gasteiger partial charge in [-0.1, -0.05) is 0 Å². The highest BCUT2D eigenvalue weighted by Crippen LogP contribution is 2.47. The van der Waals surface area contributed by atoms with Gasteiger partial charge in [0.1, 0.15) is 0 Å². The van der Waals surface area contributed by atoms with E-state index in [1.54, 1.807) is 0 Å². The standard InChI is InChI=1S/C12H23N3O/c1-15(2)8-10-16-9-7-14-11-12(3-4-12)5-6-13/h14H,3-5,7-11H2,1-2H3. The molecule has 0 amide bonds. The predicted molar refractivity (Wildman–Crippen MR) is 64.1 cm³/mol. The van der Waals surface area contributed by atoms with E-state index < -0.39 is 0 Å². The summed E-state index contributed by atoms with van der Waals surface area (Å²) in [5.41, 5.74) is 0.304. The van der Waals surface area contributed by atoms with Gasteiger partial charge in [0.05, 0.1) is 19.3 Å². The molecule has 0 aromatic heterocycles.